The Labute approximate surface area is 155 Å². The van der Waals surface area contributed by atoms with Gasteiger partial charge in [0.25, 0.3) is 0 Å². The van der Waals surface area contributed by atoms with E-state index in [-0.39, 0.29) is 5.91 Å². The number of amides is 1. The van der Waals surface area contributed by atoms with Gasteiger partial charge in [-0.15, -0.1) is 0 Å². The molecule has 0 saturated carbocycles. The Morgan fingerprint density at radius 1 is 1.19 bits per heavy atom. The molecular formula is C20H18N2O3S. The Kier molecular flexibility index (Phi) is 4.58. The van der Waals surface area contributed by atoms with Gasteiger partial charge in [-0.25, -0.2) is 4.98 Å². The highest BCUT2D eigenvalue weighted by Gasteiger charge is 2.11. The first kappa shape index (κ1) is 16.6. The molecule has 0 bridgehead atoms. The number of nitrogens with one attached hydrogen (secondary N) is 1. The molecule has 1 aliphatic rings. The van der Waals surface area contributed by atoms with E-state index in [1.807, 2.05) is 24.3 Å². The maximum Gasteiger partial charge on any atom is 0.250 e. The van der Waals surface area contributed by atoms with Crippen LogP contribution >= 0.6 is 11.3 Å². The van der Waals surface area contributed by atoms with Crippen LogP contribution in [-0.4, -0.2) is 24.1 Å². The number of hydrogen-bond acceptors (Lipinski definition) is 5. The van der Waals surface area contributed by atoms with Gasteiger partial charge in [0, 0.05) is 6.08 Å². The molecule has 1 aromatic heterocycles. The Morgan fingerprint density at radius 3 is 2.88 bits per heavy atom. The molecule has 0 aliphatic carbocycles. The Hall–Kier alpha value is -2.86. The summed E-state index contributed by atoms with van der Waals surface area (Å²) in [5, 5.41) is 3.43. The molecule has 1 N–H and O–H groups in total. The number of benzene rings is 2. The third-order valence-corrected chi connectivity index (χ3v) is 5.02. The minimum Gasteiger partial charge on any atom is -0.486 e. The minimum absolute atomic E-state index is 0.213. The van der Waals surface area contributed by atoms with Gasteiger partial charge >= 0.3 is 0 Å². The van der Waals surface area contributed by atoms with Gasteiger partial charge in [-0.1, -0.05) is 30.4 Å². The predicted molar refractivity (Wildman–Crippen MR) is 104 cm³/mol. The van der Waals surface area contributed by atoms with Crippen LogP contribution in [0.2, 0.25) is 0 Å². The Balaban J connectivity index is 1.45. The molecule has 1 amide bonds. The molecule has 0 radical (unpaired) electrons. The van der Waals surface area contributed by atoms with Gasteiger partial charge in [-0.05, 0) is 47.9 Å². The van der Waals surface area contributed by atoms with E-state index in [9.17, 15) is 4.79 Å². The van der Waals surface area contributed by atoms with Crippen LogP contribution in [0.25, 0.3) is 16.3 Å². The summed E-state index contributed by atoms with van der Waals surface area (Å²) in [5.41, 5.74) is 3.04. The first-order chi connectivity index (χ1) is 12.7. The van der Waals surface area contributed by atoms with Crippen molar-refractivity contribution in [2.45, 2.75) is 13.3 Å². The van der Waals surface area contributed by atoms with E-state index in [4.69, 9.17) is 9.47 Å². The van der Waals surface area contributed by atoms with Crippen molar-refractivity contribution in [1.29, 1.82) is 0 Å². The van der Waals surface area contributed by atoms with Crippen LogP contribution in [-0.2, 0) is 11.2 Å². The van der Waals surface area contributed by atoms with Crippen molar-refractivity contribution in [3.05, 3.63) is 53.6 Å². The lowest BCUT2D eigenvalue weighted by molar-refractivity contribution is -0.111. The molecule has 132 valence electrons. The quantitative estimate of drug-likeness (QED) is 0.700. The smallest absolute Gasteiger partial charge is 0.250 e. The lowest BCUT2D eigenvalue weighted by atomic mass is 10.2. The van der Waals surface area contributed by atoms with E-state index >= 15 is 0 Å². The van der Waals surface area contributed by atoms with E-state index in [0.717, 1.165) is 28.0 Å². The van der Waals surface area contributed by atoms with Crippen molar-refractivity contribution in [1.82, 2.24) is 4.98 Å². The van der Waals surface area contributed by atoms with Crippen LogP contribution in [0.5, 0.6) is 11.5 Å². The molecule has 26 heavy (non-hydrogen) atoms. The molecule has 0 unspecified atom stereocenters. The fraction of sp³-hybridized carbons (Fsp3) is 0.200. The second-order valence-electron chi connectivity index (χ2n) is 5.90. The molecule has 1 aliphatic heterocycles. The van der Waals surface area contributed by atoms with Gasteiger partial charge in [0.2, 0.25) is 5.91 Å². The lowest BCUT2D eigenvalue weighted by Crippen LogP contribution is -2.15. The molecule has 0 fully saturated rings. The number of rotatable bonds is 4. The van der Waals surface area contributed by atoms with Crippen LogP contribution < -0.4 is 14.8 Å². The van der Waals surface area contributed by atoms with Gasteiger partial charge in [-0.3, -0.25) is 10.1 Å². The standard InChI is InChI=1S/C20H18N2O3S/c1-2-13-3-6-15-18(12-13)26-20(21-15)22-19(23)8-5-14-4-7-16-17(11-14)25-10-9-24-16/h3-8,11-12H,2,9-10H2,1H3,(H,21,22,23)/b8-5-. The average molecular weight is 366 g/mol. The summed E-state index contributed by atoms with van der Waals surface area (Å²) in [7, 11) is 0. The van der Waals surface area contributed by atoms with Crippen molar-refractivity contribution in [2.75, 3.05) is 18.5 Å². The first-order valence-electron chi connectivity index (χ1n) is 8.49. The maximum atomic E-state index is 12.2. The molecular weight excluding hydrogens is 348 g/mol. The third kappa shape index (κ3) is 3.55. The van der Waals surface area contributed by atoms with Crippen molar-refractivity contribution in [3.8, 4) is 11.5 Å². The van der Waals surface area contributed by atoms with Crippen molar-refractivity contribution >= 4 is 38.7 Å². The van der Waals surface area contributed by atoms with Crippen LogP contribution in [0.4, 0.5) is 5.13 Å². The zero-order valence-electron chi connectivity index (χ0n) is 14.3. The summed E-state index contributed by atoms with van der Waals surface area (Å²) in [5.74, 6) is 1.23. The van der Waals surface area contributed by atoms with Crippen LogP contribution in [0.3, 0.4) is 0 Å². The molecule has 2 heterocycles. The SMILES string of the molecule is CCc1ccc2nc(NC(=O)/C=C\c3ccc4c(c3)OCCO4)sc2c1. The second kappa shape index (κ2) is 7.17. The van der Waals surface area contributed by atoms with Gasteiger partial charge in [0.05, 0.1) is 10.2 Å². The normalized spacial score (nSPS) is 13.3. The number of aryl methyl sites for hydroxylation is 1. The topological polar surface area (TPSA) is 60.5 Å². The summed E-state index contributed by atoms with van der Waals surface area (Å²) in [6, 6.07) is 11.8. The second-order valence-corrected chi connectivity index (χ2v) is 6.93. The molecule has 0 atom stereocenters. The highest BCUT2D eigenvalue weighted by Crippen LogP contribution is 2.31. The first-order valence-corrected chi connectivity index (χ1v) is 9.31. The monoisotopic (exact) mass is 366 g/mol. The van der Waals surface area contributed by atoms with Crippen molar-refractivity contribution in [3.63, 3.8) is 0 Å². The predicted octanol–water partition coefficient (Wildman–Crippen LogP) is 4.28. The fourth-order valence-corrected chi connectivity index (χ4v) is 3.66. The van der Waals surface area contributed by atoms with E-state index < -0.39 is 0 Å². The maximum absolute atomic E-state index is 12.2. The number of hydrogen-bond donors (Lipinski definition) is 1. The Morgan fingerprint density at radius 2 is 2.04 bits per heavy atom. The molecule has 0 spiro atoms. The van der Waals surface area contributed by atoms with Gasteiger partial charge in [0.15, 0.2) is 16.6 Å². The van der Waals surface area contributed by atoms with E-state index in [0.29, 0.717) is 24.1 Å². The van der Waals surface area contributed by atoms with Crippen LogP contribution in [0.15, 0.2) is 42.5 Å². The highest BCUT2D eigenvalue weighted by molar-refractivity contribution is 7.22. The molecule has 5 nitrogen and oxygen atoms in total. The zero-order valence-corrected chi connectivity index (χ0v) is 15.1. The number of ether oxygens (including phenoxy) is 2. The number of aromatic nitrogens is 1. The van der Waals surface area contributed by atoms with Crippen molar-refractivity contribution < 1.29 is 14.3 Å². The summed E-state index contributed by atoms with van der Waals surface area (Å²) in [6.45, 7) is 3.22. The Bertz CT molecular complexity index is 994. The minimum atomic E-state index is -0.213. The van der Waals surface area contributed by atoms with Gasteiger partial charge in [-0.2, -0.15) is 0 Å². The van der Waals surface area contributed by atoms with Crippen LogP contribution in [0.1, 0.15) is 18.1 Å². The number of carbonyl (C=O) groups excluding carboxylic acids is 1. The molecule has 6 heteroatoms. The zero-order chi connectivity index (χ0) is 17.9. The lowest BCUT2D eigenvalue weighted by Gasteiger charge is -2.18. The van der Waals surface area contributed by atoms with Gasteiger partial charge in [0.1, 0.15) is 13.2 Å². The number of anilines is 1. The molecule has 4 rings (SSSR count). The summed E-state index contributed by atoms with van der Waals surface area (Å²) in [4.78, 5) is 16.6. The fourth-order valence-electron chi connectivity index (χ4n) is 2.72. The van der Waals surface area contributed by atoms with E-state index in [1.165, 1.54) is 23.0 Å². The summed E-state index contributed by atoms with van der Waals surface area (Å²) < 4.78 is 12.1. The highest BCUT2D eigenvalue weighted by atomic mass is 32.1. The van der Waals surface area contributed by atoms with Gasteiger partial charge < -0.3 is 9.47 Å². The molecule has 0 saturated heterocycles. The van der Waals surface area contributed by atoms with E-state index in [1.54, 1.807) is 6.08 Å². The largest absolute Gasteiger partial charge is 0.486 e. The van der Waals surface area contributed by atoms with Crippen molar-refractivity contribution in [2.24, 2.45) is 0 Å². The number of thiazole rings is 1. The number of fused-ring (bicyclic) bond motifs is 2. The number of carbonyl (C=O) groups is 1. The van der Waals surface area contributed by atoms with Crippen LogP contribution in [0, 0.1) is 0 Å². The molecule has 3 aromatic rings. The summed E-state index contributed by atoms with van der Waals surface area (Å²) >= 11 is 1.48. The number of nitrogens with zero attached hydrogens (tertiary/aromatic N) is 1. The third-order valence-electron chi connectivity index (χ3n) is 4.08. The summed E-state index contributed by atoms with van der Waals surface area (Å²) in [6.07, 6.45) is 4.22. The molecule has 2 aromatic carbocycles. The average Bonchev–Trinajstić information content (AvgIpc) is 3.07. The van der Waals surface area contributed by atoms with E-state index in [2.05, 4.69) is 29.4 Å².